The maximum Gasteiger partial charge on any atom is 0.527 e. The minimum atomic E-state index is -5.71. The van der Waals surface area contributed by atoms with Crippen LogP contribution < -0.4 is 0 Å². The highest BCUT2D eigenvalue weighted by atomic mass is 19.4. The number of carbonyl (C=O) groups is 1. The largest absolute Gasteiger partial charge is 0.527 e. The van der Waals surface area contributed by atoms with Crippen molar-refractivity contribution in [3.63, 3.8) is 0 Å². The first-order valence-electron chi connectivity index (χ1n) is 6.27. The van der Waals surface area contributed by atoms with E-state index in [9.17, 15) is 31.9 Å². The Balaban J connectivity index is 2.39. The van der Waals surface area contributed by atoms with E-state index in [2.05, 4.69) is 9.84 Å². The molecule has 1 aromatic rings. The van der Waals surface area contributed by atoms with E-state index in [-0.39, 0.29) is 16.3 Å². The summed E-state index contributed by atoms with van der Waals surface area (Å²) in [6.07, 6.45) is -11.8. The van der Waals surface area contributed by atoms with E-state index in [0.717, 1.165) is 0 Å². The van der Waals surface area contributed by atoms with Crippen LogP contribution in [-0.2, 0) is 4.74 Å². The monoisotopic (exact) mass is 338 g/mol. The van der Waals surface area contributed by atoms with Crippen LogP contribution >= 0.6 is 0 Å². The van der Waals surface area contributed by atoms with Gasteiger partial charge in [-0.15, -0.1) is 13.2 Å². The van der Waals surface area contributed by atoms with Crippen LogP contribution in [0.2, 0.25) is 0 Å². The van der Waals surface area contributed by atoms with E-state index in [1.54, 1.807) is 6.07 Å². The molecule has 0 fully saturated rings. The molecular weight excluding hydrogens is 327 g/mol. The summed E-state index contributed by atoms with van der Waals surface area (Å²) >= 11 is 0. The number of aliphatic hydroxyl groups is 1. The lowest BCUT2D eigenvalue weighted by molar-refractivity contribution is -0.468. The quantitative estimate of drug-likeness (QED) is 0.862. The van der Waals surface area contributed by atoms with Gasteiger partial charge in [-0.1, -0.05) is 18.2 Å². The van der Waals surface area contributed by atoms with Crippen molar-refractivity contribution in [2.75, 3.05) is 0 Å². The van der Waals surface area contributed by atoms with Crippen molar-refractivity contribution < 1.29 is 36.6 Å². The molecule has 1 aromatic carbocycles. The molecule has 23 heavy (non-hydrogen) atoms. The number of halogens is 5. The summed E-state index contributed by atoms with van der Waals surface area (Å²) in [5.74, 6) is -1.18. The number of benzene rings is 1. The van der Waals surface area contributed by atoms with E-state index in [4.69, 9.17) is 0 Å². The number of rotatable bonds is 3. The van der Waals surface area contributed by atoms with Crippen LogP contribution in [0.1, 0.15) is 23.7 Å². The van der Waals surface area contributed by atoms with Crippen LogP contribution in [0.4, 0.5) is 22.0 Å². The van der Waals surface area contributed by atoms with Crippen LogP contribution in [0.25, 0.3) is 0 Å². The third kappa shape index (κ3) is 3.32. The number of carbonyl (C=O) groups excluding carboxylic acids is 1. The predicted octanol–water partition coefficient (Wildman–Crippen LogP) is 2.73. The molecule has 0 spiro atoms. The molecule has 0 radical (unpaired) electrons. The first-order chi connectivity index (χ1) is 10.5. The van der Waals surface area contributed by atoms with Gasteiger partial charge in [0, 0.05) is 17.7 Å². The number of alkyl halides is 5. The number of hydrazone groups is 1. The minimum absolute atomic E-state index is 0.0800. The average Bonchev–Trinajstić information content (AvgIpc) is 2.73. The highest BCUT2D eigenvalue weighted by molar-refractivity contribution is 5.97. The van der Waals surface area contributed by atoms with Crippen LogP contribution in [0.3, 0.4) is 0 Å². The van der Waals surface area contributed by atoms with E-state index < -0.39 is 30.5 Å². The maximum absolute atomic E-state index is 13.8. The number of nitrogens with zero attached hydrogens (tertiary/aromatic N) is 2. The summed E-state index contributed by atoms with van der Waals surface area (Å²) in [6.45, 7) is 1.19. The molecule has 2 rings (SSSR count). The second-order valence-corrected chi connectivity index (χ2v) is 4.88. The number of ether oxygens (including phenoxy) is 1. The summed E-state index contributed by atoms with van der Waals surface area (Å²) in [7, 11) is 0. The fraction of sp³-hybridized carbons (Fsp3) is 0.385. The van der Waals surface area contributed by atoms with Gasteiger partial charge >= 0.3 is 12.5 Å². The summed E-state index contributed by atoms with van der Waals surface area (Å²) in [5.41, 5.74) is -3.87. The number of hydrogen-bond donors (Lipinski definition) is 1. The first-order valence-corrected chi connectivity index (χ1v) is 6.27. The van der Waals surface area contributed by atoms with Gasteiger partial charge in [-0.25, -0.2) is 4.74 Å². The fourth-order valence-electron chi connectivity index (χ4n) is 2.09. The zero-order chi connectivity index (χ0) is 17.5. The van der Waals surface area contributed by atoms with Gasteiger partial charge in [0.25, 0.3) is 11.6 Å². The second-order valence-electron chi connectivity index (χ2n) is 4.88. The molecule has 0 aliphatic carbocycles. The molecule has 1 aliphatic rings. The molecule has 1 atom stereocenters. The van der Waals surface area contributed by atoms with E-state index in [1.165, 1.54) is 31.2 Å². The molecular formula is C13H11F5N2O3. The standard InChI is InChI=1S/C13H11F5N2O3/c1-8-7-11(22,12(14,15)23-13(16,17)18)20(19-8)10(21)9-5-3-2-4-6-9/h2-6,22H,7H2,1H3/t11-/m1/s1. The van der Waals surface area contributed by atoms with Crippen LogP contribution in [0, 0.1) is 0 Å². The molecule has 10 heteroatoms. The van der Waals surface area contributed by atoms with Crippen molar-refractivity contribution >= 4 is 11.6 Å². The lowest BCUT2D eigenvalue weighted by Crippen LogP contribution is -2.61. The Hall–Kier alpha value is -2.07. The second kappa shape index (κ2) is 5.53. The molecule has 0 bridgehead atoms. The Morgan fingerprint density at radius 1 is 1.26 bits per heavy atom. The lowest BCUT2D eigenvalue weighted by Gasteiger charge is -2.36. The third-order valence-electron chi connectivity index (χ3n) is 3.05. The third-order valence-corrected chi connectivity index (χ3v) is 3.05. The van der Waals surface area contributed by atoms with Crippen molar-refractivity contribution in [2.24, 2.45) is 5.10 Å². The van der Waals surface area contributed by atoms with Gasteiger partial charge in [-0.05, 0) is 19.1 Å². The first kappa shape index (κ1) is 17.3. The average molecular weight is 338 g/mol. The van der Waals surface area contributed by atoms with E-state index in [0.29, 0.717) is 0 Å². The highest BCUT2D eigenvalue weighted by Crippen LogP contribution is 2.43. The Bertz CT molecular complexity index is 632. The molecule has 0 saturated heterocycles. The van der Waals surface area contributed by atoms with E-state index in [1.807, 2.05) is 0 Å². The van der Waals surface area contributed by atoms with Gasteiger partial charge in [-0.2, -0.15) is 18.9 Å². The normalized spacial score (nSPS) is 22.2. The van der Waals surface area contributed by atoms with Crippen LogP contribution in [0.5, 0.6) is 0 Å². The Morgan fingerprint density at radius 3 is 2.35 bits per heavy atom. The van der Waals surface area contributed by atoms with Crippen LogP contribution in [0.15, 0.2) is 35.4 Å². The molecule has 1 aliphatic heterocycles. The Labute approximate surface area is 127 Å². The number of hydrogen-bond acceptors (Lipinski definition) is 4. The molecule has 0 aromatic heterocycles. The SMILES string of the molecule is CC1=NN(C(=O)c2ccccc2)[C@](O)(C(F)(F)OC(F)(F)F)C1. The topological polar surface area (TPSA) is 62.1 Å². The van der Waals surface area contributed by atoms with Gasteiger partial charge in [-0.3, -0.25) is 4.79 Å². The molecule has 1 N–H and O–H groups in total. The minimum Gasteiger partial charge on any atom is -0.362 e. The Morgan fingerprint density at radius 2 is 1.83 bits per heavy atom. The maximum atomic E-state index is 13.8. The van der Waals surface area contributed by atoms with E-state index >= 15 is 0 Å². The van der Waals surface area contributed by atoms with Crippen molar-refractivity contribution in [1.29, 1.82) is 0 Å². The van der Waals surface area contributed by atoms with Crippen molar-refractivity contribution in [2.45, 2.75) is 31.5 Å². The summed E-state index contributed by atoms with van der Waals surface area (Å²) in [5, 5.41) is 13.4. The van der Waals surface area contributed by atoms with Gasteiger partial charge in [0.1, 0.15) is 0 Å². The molecule has 5 nitrogen and oxygen atoms in total. The van der Waals surface area contributed by atoms with Gasteiger partial charge in [0.05, 0.1) is 0 Å². The zero-order valence-electron chi connectivity index (χ0n) is 11.6. The lowest BCUT2D eigenvalue weighted by atomic mass is 10.1. The molecule has 0 saturated carbocycles. The van der Waals surface area contributed by atoms with Gasteiger partial charge in [0.2, 0.25) is 0 Å². The predicted molar refractivity (Wildman–Crippen MR) is 67.4 cm³/mol. The fourth-order valence-corrected chi connectivity index (χ4v) is 2.09. The Kier molecular flexibility index (Phi) is 4.16. The molecule has 126 valence electrons. The van der Waals surface area contributed by atoms with Gasteiger partial charge < -0.3 is 5.11 Å². The van der Waals surface area contributed by atoms with Crippen LogP contribution in [-0.4, -0.2) is 39.9 Å². The summed E-state index contributed by atoms with van der Waals surface area (Å²) in [4.78, 5) is 12.2. The highest BCUT2D eigenvalue weighted by Gasteiger charge is 2.66. The van der Waals surface area contributed by atoms with Crippen molar-refractivity contribution in [3.8, 4) is 0 Å². The zero-order valence-corrected chi connectivity index (χ0v) is 11.6. The summed E-state index contributed by atoms with van der Waals surface area (Å²) < 4.78 is 66.9. The molecule has 1 heterocycles. The summed E-state index contributed by atoms with van der Waals surface area (Å²) in [6, 6.07) is 6.87. The van der Waals surface area contributed by atoms with Crippen molar-refractivity contribution in [3.05, 3.63) is 35.9 Å². The molecule has 0 unspecified atom stereocenters. The smallest absolute Gasteiger partial charge is 0.362 e. The van der Waals surface area contributed by atoms with Crippen molar-refractivity contribution in [1.82, 2.24) is 5.01 Å². The van der Waals surface area contributed by atoms with Gasteiger partial charge in [0.15, 0.2) is 0 Å². The number of amides is 1. The molecule has 1 amide bonds.